The number of fused-ring (bicyclic) bond motifs is 4. The molecule has 3 fully saturated rings. The van der Waals surface area contributed by atoms with Gasteiger partial charge in [-0.15, -0.1) is 0 Å². The quantitative estimate of drug-likeness (QED) is 0.0644. The molecule has 0 aliphatic carbocycles. The van der Waals surface area contributed by atoms with Gasteiger partial charge in [-0.3, -0.25) is 43.2 Å². The smallest absolute Gasteiger partial charge is 0.329 e. The van der Waals surface area contributed by atoms with Gasteiger partial charge in [0.2, 0.25) is 47.3 Å². The molecule has 81 heavy (non-hydrogen) atoms. The summed E-state index contributed by atoms with van der Waals surface area (Å²) in [5.74, 6) is -11.2. The van der Waals surface area contributed by atoms with Gasteiger partial charge in [-0.2, -0.15) is 0 Å². The second-order valence-corrected chi connectivity index (χ2v) is 21.1. The van der Waals surface area contributed by atoms with E-state index >= 15 is 9.59 Å². The molecule has 2 aromatic heterocycles. The van der Waals surface area contributed by atoms with Crippen molar-refractivity contribution >= 4 is 87.0 Å². The number of H-pyrrole nitrogens is 2. The van der Waals surface area contributed by atoms with Crippen LogP contribution in [-0.2, 0) is 52.7 Å². The highest BCUT2D eigenvalue weighted by molar-refractivity contribution is 6.07. The molecule has 9 amide bonds. The number of aromatic amines is 2. The van der Waals surface area contributed by atoms with Crippen molar-refractivity contribution in [2.45, 2.75) is 140 Å². The number of aromatic nitrogens is 2. The van der Waals surface area contributed by atoms with Crippen LogP contribution in [0.3, 0.4) is 0 Å². The number of carbonyl (C=O) groups is 10. The number of rotatable bonds is 9. The number of nitrogens with zero attached hydrogens (tertiary/aromatic N) is 2. The summed E-state index contributed by atoms with van der Waals surface area (Å²) in [5.41, 5.74) is 7.84. The number of aliphatic hydroxyl groups excluding tert-OH is 3. The van der Waals surface area contributed by atoms with Crippen LogP contribution in [0.15, 0.2) is 66.6 Å². The van der Waals surface area contributed by atoms with E-state index < -0.39 is 151 Å². The Kier molecular flexibility index (Phi) is 19.7. The van der Waals surface area contributed by atoms with E-state index in [-0.39, 0.29) is 38.0 Å². The van der Waals surface area contributed by atoms with Crippen molar-refractivity contribution in [2.75, 3.05) is 26.2 Å². The Morgan fingerprint density at radius 1 is 0.741 bits per heavy atom. The second-order valence-electron chi connectivity index (χ2n) is 21.1. The molecule has 3 aliphatic heterocycles. The van der Waals surface area contributed by atoms with Gasteiger partial charge in [0, 0.05) is 58.8 Å². The molecule has 436 valence electrons. The second kappa shape index (κ2) is 26.4. The van der Waals surface area contributed by atoms with Gasteiger partial charge in [0.15, 0.2) is 0 Å². The van der Waals surface area contributed by atoms with Gasteiger partial charge in [-0.05, 0) is 76.1 Å². The van der Waals surface area contributed by atoms with Gasteiger partial charge in [0.05, 0.1) is 25.4 Å². The van der Waals surface area contributed by atoms with Crippen molar-refractivity contribution < 1.29 is 68.0 Å². The first kappa shape index (κ1) is 60.4. The number of nitrogens with two attached hydrogens (primary N) is 1. The van der Waals surface area contributed by atoms with Crippen LogP contribution in [0.1, 0.15) is 84.3 Å². The molecule has 0 bridgehead atoms. The van der Waals surface area contributed by atoms with E-state index in [4.69, 9.17) is 10.5 Å². The van der Waals surface area contributed by atoms with Gasteiger partial charge < -0.3 is 82.8 Å². The molecule has 11 unspecified atom stereocenters. The molecule has 0 saturated carbocycles. The lowest BCUT2D eigenvalue weighted by Crippen LogP contribution is -2.63. The molecule has 3 saturated heterocycles. The van der Waals surface area contributed by atoms with Crippen LogP contribution in [-0.4, -0.2) is 187 Å². The topological polar surface area (TPSA) is 389 Å². The van der Waals surface area contributed by atoms with Gasteiger partial charge >= 0.3 is 5.97 Å². The zero-order chi connectivity index (χ0) is 59.0. The first-order valence-electron chi connectivity index (χ1n) is 27.0. The Morgan fingerprint density at radius 2 is 1.35 bits per heavy atom. The Bertz CT molecular complexity index is 3060. The molecule has 0 radical (unpaired) electrons. The molecule has 4 aromatic rings. The number of esters is 1. The maximum atomic E-state index is 15.2. The number of aliphatic hydroxyl groups is 3. The fourth-order valence-corrected chi connectivity index (χ4v) is 10.2. The largest absolute Gasteiger partial charge is 0.458 e. The first-order valence-corrected chi connectivity index (χ1v) is 27.0. The number of hydrogen-bond acceptors (Lipinski definition) is 15. The molecule has 5 heterocycles. The lowest BCUT2D eigenvalue weighted by molar-refractivity contribution is -0.161. The third-order valence-electron chi connectivity index (χ3n) is 15.0. The predicted molar refractivity (Wildman–Crippen MR) is 292 cm³/mol. The van der Waals surface area contributed by atoms with Crippen LogP contribution < -0.4 is 43.0 Å². The third-order valence-corrected chi connectivity index (χ3v) is 15.0. The lowest BCUT2D eigenvalue weighted by Gasteiger charge is -2.34. The third kappa shape index (κ3) is 13.9. The molecule has 3 aliphatic rings. The minimum Gasteiger partial charge on any atom is -0.458 e. The van der Waals surface area contributed by atoms with Gasteiger partial charge in [0.1, 0.15) is 60.1 Å². The highest BCUT2D eigenvalue weighted by Crippen LogP contribution is 2.30. The Balaban J connectivity index is 1.30. The monoisotopic (exact) mass is 1120 g/mol. The average molecular weight is 1130 g/mol. The van der Waals surface area contributed by atoms with E-state index in [2.05, 4.69) is 47.2 Å². The Hall–Kier alpha value is -8.20. The maximum absolute atomic E-state index is 15.2. The van der Waals surface area contributed by atoms with E-state index in [1.807, 2.05) is 12.1 Å². The van der Waals surface area contributed by atoms with Crippen LogP contribution in [0, 0.1) is 5.92 Å². The molecule has 7 rings (SSSR count). The van der Waals surface area contributed by atoms with Crippen LogP contribution in [0.25, 0.3) is 27.9 Å². The molecular formula is C55H72N12O14. The predicted octanol–water partition coefficient (Wildman–Crippen LogP) is -1.89. The number of carbonyl (C=O) groups excluding carboxylic acids is 10. The Morgan fingerprint density at radius 3 is 2.01 bits per heavy atom. The summed E-state index contributed by atoms with van der Waals surface area (Å²) in [6.45, 7) is 6.97. The molecule has 26 nitrogen and oxygen atoms in total. The van der Waals surface area contributed by atoms with Crippen molar-refractivity contribution in [1.29, 1.82) is 0 Å². The number of benzene rings is 2. The van der Waals surface area contributed by atoms with E-state index in [9.17, 15) is 53.7 Å². The average Bonchev–Trinajstić information content (AvgIpc) is 4.38. The number of para-hydroxylation sites is 2. The van der Waals surface area contributed by atoms with E-state index in [0.29, 0.717) is 39.4 Å². The Labute approximate surface area is 466 Å². The summed E-state index contributed by atoms with van der Waals surface area (Å²) in [7, 11) is 0. The number of hydrogen-bond donors (Lipinski definition) is 13. The van der Waals surface area contributed by atoms with Crippen molar-refractivity contribution in [3.05, 3.63) is 77.7 Å². The summed E-state index contributed by atoms with van der Waals surface area (Å²) in [4.78, 5) is 151. The normalized spacial score (nSPS) is 26.7. The summed E-state index contributed by atoms with van der Waals surface area (Å²) in [5, 5.41) is 51.2. The standard InChI is InChI=1S/C55H72N12O14/c1-26(2)46(71)45-54(79)67-20-12-18-40(67)55(80)81-30(6)44(64-48(73)35(56)25-68)53(78)63-43(29(5)69)52(77)60-28(4)47(72)59-24-41(70)66-19-11-17-39(66)50(75)61-38(21-31-22-57-36-15-9-7-13-32(31)36)49(74)62-42(51(76)65-45)27(3)34-23-58-37-16-10-8-14-33(34)37/h7-10,13-16,21-23,26-30,35,39-40,42-46,57-58,68-69,71H,11-12,17-20,24-25,56H2,1-6H3,(H,59,72)(H,60,77)(H,61,75)(H,62,74)(H,63,78)(H,64,73)(H,65,76)/b38-21-/t27?,28?,29?,30?,35?,39?,40?,42?,43-,44?,45?,46?/m0/s1. The van der Waals surface area contributed by atoms with Crippen LogP contribution >= 0.6 is 0 Å². The van der Waals surface area contributed by atoms with Crippen molar-refractivity contribution in [2.24, 2.45) is 11.7 Å². The lowest BCUT2D eigenvalue weighted by atomic mass is 9.91. The van der Waals surface area contributed by atoms with Gasteiger partial charge in [-0.1, -0.05) is 57.2 Å². The molecule has 0 spiro atoms. The van der Waals surface area contributed by atoms with Gasteiger partial charge in [-0.25, -0.2) is 4.79 Å². The summed E-state index contributed by atoms with van der Waals surface area (Å²) in [6.07, 6.45) is 0.566. The molecule has 14 N–H and O–H groups in total. The van der Waals surface area contributed by atoms with Crippen molar-refractivity contribution in [1.82, 2.24) is 57.0 Å². The minimum atomic E-state index is -1.87. The van der Waals surface area contributed by atoms with E-state index in [1.54, 1.807) is 69.6 Å². The number of cyclic esters (lactones) is 1. The fraction of sp³-hybridized carbons (Fsp3) is 0.491. The van der Waals surface area contributed by atoms with Crippen LogP contribution in [0.5, 0.6) is 0 Å². The zero-order valence-corrected chi connectivity index (χ0v) is 45.8. The van der Waals surface area contributed by atoms with E-state index in [1.165, 1.54) is 24.8 Å². The van der Waals surface area contributed by atoms with E-state index in [0.717, 1.165) is 11.8 Å². The molecule has 2 aromatic carbocycles. The summed E-state index contributed by atoms with van der Waals surface area (Å²) < 4.78 is 5.76. The van der Waals surface area contributed by atoms with Crippen molar-refractivity contribution in [3.8, 4) is 0 Å². The maximum Gasteiger partial charge on any atom is 0.329 e. The zero-order valence-electron chi connectivity index (χ0n) is 45.8. The highest BCUT2D eigenvalue weighted by Gasteiger charge is 2.45. The SMILES string of the molecule is CC1NC(=O)[C@H](C(C)O)NC(=O)C(NC(=O)C(N)CO)C(C)OC(=O)C2CCCN2C(=O)C(C(O)C(C)C)NC(=O)C(C(C)c2c[nH]c3ccccc23)NC(=O)/C(=C/c2c[nH]c3ccccc23)NC(=O)C2CCCN2C(=O)CNC1=O. The first-order chi connectivity index (χ1) is 38.5. The highest BCUT2D eigenvalue weighted by atomic mass is 16.5. The van der Waals surface area contributed by atoms with Gasteiger partial charge in [0.25, 0.3) is 5.91 Å². The molecule has 12 atom stereocenters. The minimum absolute atomic E-state index is 0.00466. The van der Waals surface area contributed by atoms with Crippen LogP contribution in [0.4, 0.5) is 0 Å². The van der Waals surface area contributed by atoms with Crippen LogP contribution in [0.2, 0.25) is 0 Å². The summed E-state index contributed by atoms with van der Waals surface area (Å²) >= 11 is 0. The number of ether oxygens (including phenoxy) is 1. The fourth-order valence-electron chi connectivity index (χ4n) is 10.2. The number of nitrogens with one attached hydrogen (secondary N) is 9. The molecule has 26 heteroatoms. The van der Waals surface area contributed by atoms with Crippen molar-refractivity contribution in [3.63, 3.8) is 0 Å². The molecular weight excluding hydrogens is 1050 g/mol. The number of amides is 9. The summed E-state index contributed by atoms with van der Waals surface area (Å²) in [6, 6.07) is 1.86.